The third kappa shape index (κ3) is 1.78. The smallest absolute Gasteiger partial charge is 0.229 e. The minimum atomic E-state index is -0.0304. The van der Waals surface area contributed by atoms with Crippen LogP contribution in [0.2, 0.25) is 0 Å². The average molecular weight is 211 g/mol. The van der Waals surface area contributed by atoms with E-state index in [1.54, 1.807) is 0 Å². The molecule has 0 aromatic rings. The second kappa shape index (κ2) is 4.12. The van der Waals surface area contributed by atoms with Gasteiger partial charge < -0.3 is 9.64 Å². The Bertz CT molecular complexity index is 240. The highest BCUT2D eigenvalue weighted by molar-refractivity contribution is 5.84. The van der Waals surface area contributed by atoms with Crippen LogP contribution in [0, 0.1) is 11.3 Å². The third-order valence-electron chi connectivity index (χ3n) is 4.08. The molecular weight excluding hydrogens is 190 g/mol. The molecule has 1 saturated heterocycles. The largest absolute Gasteiger partial charge is 0.378 e. The highest BCUT2D eigenvalue weighted by Gasteiger charge is 2.48. The van der Waals surface area contributed by atoms with Crippen molar-refractivity contribution in [3.63, 3.8) is 0 Å². The summed E-state index contributed by atoms with van der Waals surface area (Å²) in [5, 5.41) is 0. The minimum Gasteiger partial charge on any atom is -0.378 e. The van der Waals surface area contributed by atoms with Crippen LogP contribution in [0.25, 0.3) is 0 Å². The maximum Gasteiger partial charge on any atom is 0.229 e. The molecule has 1 saturated carbocycles. The summed E-state index contributed by atoms with van der Waals surface area (Å²) in [6, 6.07) is 0. The summed E-state index contributed by atoms with van der Waals surface area (Å²) < 4.78 is 5.28. The molecule has 1 aliphatic carbocycles. The molecule has 3 nitrogen and oxygen atoms in total. The molecule has 0 bridgehead atoms. The molecule has 3 heteroatoms. The lowest BCUT2D eigenvalue weighted by atomic mass is 9.61. The van der Waals surface area contributed by atoms with Gasteiger partial charge in [0.25, 0.3) is 0 Å². The summed E-state index contributed by atoms with van der Waals surface area (Å²) >= 11 is 0. The first-order chi connectivity index (χ1) is 7.17. The maximum atomic E-state index is 12.4. The van der Waals surface area contributed by atoms with Gasteiger partial charge in [0.2, 0.25) is 5.91 Å². The minimum absolute atomic E-state index is 0.0304. The van der Waals surface area contributed by atoms with Gasteiger partial charge in [-0.05, 0) is 18.8 Å². The summed E-state index contributed by atoms with van der Waals surface area (Å²) in [5.74, 6) is 0.855. The fourth-order valence-corrected chi connectivity index (χ4v) is 2.68. The van der Waals surface area contributed by atoms with Crippen LogP contribution in [-0.4, -0.2) is 37.1 Å². The Balaban J connectivity index is 2.04. The molecular formula is C12H21NO2. The van der Waals surface area contributed by atoms with Gasteiger partial charge in [-0.3, -0.25) is 4.79 Å². The number of amides is 1. The predicted molar refractivity (Wildman–Crippen MR) is 58.5 cm³/mol. The van der Waals surface area contributed by atoms with Crippen LogP contribution in [0.3, 0.4) is 0 Å². The number of hydrogen-bond donors (Lipinski definition) is 0. The summed E-state index contributed by atoms with van der Waals surface area (Å²) in [5.41, 5.74) is -0.0304. The van der Waals surface area contributed by atoms with Crippen molar-refractivity contribution in [1.29, 1.82) is 0 Å². The standard InChI is InChI=1S/C12H21NO2/c1-10(2)12(4-3-5-12)11(14)13-6-8-15-9-7-13/h10H,3-9H2,1-2H3. The van der Waals surface area contributed by atoms with Crippen molar-refractivity contribution in [1.82, 2.24) is 4.90 Å². The lowest BCUT2D eigenvalue weighted by Gasteiger charge is -2.47. The van der Waals surface area contributed by atoms with Gasteiger partial charge in [0.1, 0.15) is 0 Å². The van der Waals surface area contributed by atoms with Crippen molar-refractivity contribution in [3.8, 4) is 0 Å². The van der Waals surface area contributed by atoms with Crippen LogP contribution < -0.4 is 0 Å². The summed E-state index contributed by atoms with van der Waals surface area (Å²) in [6.07, 6.45) is 3.38. The molecule has 2 fully saturated rings. The van der Waals surface area contributed by atoms with Gasteiger partial charge in [-0.15, -0.1) is 0 Å². The highest BCUT2D eigenvalue weighted by Crippen LogP contribution is 2.48. The number of carbonyl (C=O) groups excluding carboxylic acids is 1. The second-order valence-corrected chi connectivity index (χ2v) is 5.07. The van der Waals surface area contributed by atoms with Gasteiger partial charge in [-0.2, -0.15) is 0 Å². The van der Waals surface area contributed by atoms with Crippen molar-refractivity contribution in [2.75, 3.05) is 26.3 Å². The van der Waals surface area contributed by atoms with E-state index in [2.05, 4.69) is 13.8 Å². The average Bonchev–Trinajstić information content (AvgIpc) is 2.16. The lowest BCUT2D eigenvalue weighted by molar-refractivity contribution is -0.155. The molecule has 15 heavy (non-hydrogen) atoms. The summed E-state index contributed by atoms with van der Waals surface area (Å²) in [4.78, 5) is 14.4. The summed E-state index contributed by atoms with van der Waals surface area (Å²) in [6.45, 7) is 7.34. The van der Waals surface area contributed by atoms with Gasteiger partial charge in [0.05, 0.1) is 18.6 Å². The quantitative estimate of drug-likeness (QED) is 0.695. The summed E-state index contributed by atoms with van der Waals surface area (Å²) in [7, 11) is 0. The maximum absolute atomic E-state index is 12.4. The molecule has 0 atom stereocenters. The SMILES string of the molecule is CC(C)C1(C(=O)N2CCOCC2)CCC1. The first kappa shape index (κ1) is 10.9. The first-order valence-corrected chi connectivity index (χ1v) is 6.04. The zero-order chi connectivity index (χ0) is 10.9. The Morgan fingerprint density at radius 3 is 2.27 bits per heavy atom. The number of morpholine rings is 1. The molecule has 0 N–H and O–H groups in total. The number of carbonyl (C=O) groups is 1. The molecule has 0 spiro atoms. The Morgan fingerprint density at radius 1 is 1.27 bits per heavy atom. The first-order valence-electron chi connectivity index (χ1n) is 6.04. The Morgan fingerprint density at radius 2 is 1.87 bits per heavy atom. The fourth-order valence-electron chi connectivity index (χ4n) is 2.68. The molecule has 86 valence electrons. The highest BCUT2D eigenvalue weighted by atomic mass is 16.5. The predicted octanol–water partition coefficient (Wildman–Crippen LogP) is 1.67. The van der Waals surface area contributed by atoms with E-state index in [1.807, 2.05) is 4.90 Å². The Labute approximate surface area is 91.8 Å². The molecule has 0 aromatic heterocycles. The Kier molecular flexibility index (Phi) is 3.01. The van der Waals surface area contributed by atoms with Crippen LogP contribution >= 0.6 is 0 Å². The molecule has 1 aliphatic heterocycles. The second-order valence-electron chi connectivity index (χ2n) is 5.07. The topological polar surface area (TPSA) is 29.5 Å². The van der Waals surface area contributed by atoms with E-state index in [0.717, 1.165) is 25.9 Å². The molecule has 0 aromatic carbocycles. The van der Waals surface area contributed by atoms with Crippen molar-refractivity contribution >= 4 is 5.91 Å². The number of ether oxygens (including phenoxy) is 1. The van der Waals surface area contributed by atoms with E-state index in [1.165, 1.54) is 6.42 Å². The number of nitrogens with zero attached hydrogens (tertiary/aromatic N) is 1. The number of hydrogen-bond acceptors (Lipinski definition) is 2. The van der Waals surface area contributed by atoms with Crippen molar-refractivity contribution in [2.24, 2.45) is 11.3 Å². The van der Waals surface area contributed by atoms with E-state index < -0.39 is 0 Å². The normalized spacial score (nSPS) is 25.1. The molecule has 2 aliphatic rings. The molecule has 0 unspecified atom stereocenters. The van der Waals surface area contributed by atoms with Gasteiger partial charge in [-0.25, -0.2) is 0 Å². The van der Waals surface area contributed by atoms with Crippen molar-refractivity contribution < 1.29 is 9.53 Å². The monoisotopic (exact) mass is 211 g/mol. The van der Waals surface area contributed by atoms with Crippen LogP contribution in [0.5, 0.6) is 0 Å². The van der Waals surface area contributed by atoms with Gasteiger partial charge in [0.15, 0.2) is 0 Å². The third-order valence-corrected chi connectivity index (χ3v) is 4.08. The molecule has 0 radical (unpaired) electrons. The van der Waals surface area contributed by atoms with E-state index in [0.29, 0.717) is 25.0 Å². The van der Waals surface area contributed by atoms with E-state index >= 15 is 0 Å². The van der Waals surface area contributed by atoms with Crippen molar-refractivity contribution in [3.05, 3.63) is 0 Å². The van der Waals surface area contributed by atoms with Crippen LogP contribution in [0.15, 0.2) is 0 Å². The van der Waals surface area contributed by atoms with Gasteiger partial charge in [-0.1, -0.05) is 20.3 Å². The zero-order valence-electron chi connectivity index (χ0n) is 9.79. The molecule has 1 heterocycles. The Hall–Kier alpha value is -0.570. The fraction of sp³-hybridized carbons (Fsp3) is 0.917. The lowest BCUT2D eigenvalue weighted by Crippen LogP contribution is -2.53. The number of rotatable bonds is 2. The van der Waals surface area contributed by atoms with Gasteiger partial charge in [0, 0.05) is 13.1 Å². The zero-order valence-corrected chi connectivity index (χ0v) is 9.79. The molecule has 1 amide bonds. The van der Waals surface area contributed by atoms with E-state index in [4.69, 9.17) is 4.74 Å². The van der Waals surface area contributed by atoms with Crippen molar-refractivity contribution in [2.45, 2.75) is 33.1 Å². The van der Waals surface area contributed by atoms with Crippen LogP contribution in [0.1, 0.15) is 33.1 Å². The van der Waals surface area contributed by atoms with Crippen LogP contribution in [0.4, 0.5) is 0 Å². The molecule has 2 rings (SSSR count). The van der Waals surface area contributed by atoms with Crippen LogP contribution in [-0.2, 0) is 9.53 Å². The van der Waals surface area contributed by atoms with Gasteiger partial charge >= 0.3 is 0 Å². The van der Waals surface area contributed by atoms with E-state index in [-0.39, 0.29) is 5.41 Å². The van der Waals surface area contributed by atoms with E-state index in [9.17, 15) is 4.79 Å².